The highest BCUT2D eigenvalue weighted by atomic mass is 32.1. The number of fused-ring (bicyclic) bond motifs is 12. The smallest absolute Gasteiger partial charge is 0.198 e. The Hall–Kier alpha value is -6.30. The molecule has 0 fully saturated rings. The Balaban J connectivity index is 1.15. The van der Waals surface area contributed by atoms with E-state index in [4.69, 9.17) is 4.42 Å². The van der Waals surface area contributed by atoms with Gasteiger partial charge in [-0.2, -0.15) is 0 Å². The second-order valence-corrected chi connectivity index (χ2v) is 17.3. The lowest BCUT2D eigenvalue weighted by molar-refractivity contribution is 0.590. The largest absolute Gasteiger partial charge is 0.456 e. The summed E-state index contributed by atoms with van der Waals surface area (Å²) in [6, 6.07) is 53.9. The first kappa shape index (κ1) is 31.1. The number of anilines is 2. The third-order valence-electron chi connectivity index (χ3n) is 11.9. The van der Waals surface area contributed by atoms with Crippen molar-refractivity contribution in [2.75, 3.05) is 5.32 Å². The Kier molecular flexibility index (Phi) is 6.29. The minimum atomic E-state index is 0.0929. The third kappa shape index (κ3) is 4.57. The second kappa shape index (κ2) is 11.1. The van der Waals surface area contributed by atoms with E-state index in [1.165, 1.54) is 86.1 Å². The predicted octanol–water partition coefficient (Wildman–Crippen LogP) is 12.6. The van der Waals surface area contributed by atoms with Crippen molar-refractivity contribution in [1.29, 1.82) is 0 Å². The fourth-order valence-electron chi connectivity index (χ4n) is 9.19. The molecule has 0 atom stereocenters. The van der Waals surface area contributed by atoms with Crippen molar-refractivity contribution in [2.24, 2.45) is 0 Å². The summed E-state index contributed by atoms with van der Waals surface area (Å²) in [5, 5.41) is 13.9. The van der Waals surface area contributed by atoms with Gasteiger partial charge in [0, 0.05) is 69.9 Å². The summed E-state index contributed by atoms with van der Waals surface area (Å²) in [4.78, 5) is 0. The van der Waals surface area contributed by atoms with Gasteiger partial charge in [-0.05, 0) is 93.4 Å². The molecule has 5 heteroatoms. The first-order chi connectivity index (χ1) is 26.9. The lowest BCUT2D eigenvalue weighted by Gasteiger charge is -2.24. The van der Waals surface area contributed by atoms with Crippen molar-refractivity contribution < 1.29 is 4.42 Å². The zero-order valence-corrected chi connectivity index (χ0v) is 31.6. The van der Waals surface area contributed by atoms with Gasteiger partial charge in [-0.1, -0.05) is 111 Å². The summed E-state index contributed by atoms with van der Waals surface area (Å²) >= 11 is 1.88. The number of hydrogen-bond donors (Lipinski definition) is 1. The highest BCUT2D eigenvalue weighted by Gasteiger charge is 2.28. The average Bonchev–Trinajstić information content (AvgIpc) is 3.85. The quantitative estimate of drug-likeness (QED) is 0.184. The molecule has 0 amide bonds. The van der Waals surface area contributed by atoms with Crippen molar-refractivity contribution in [3.63, 3.8) is 0 Å². The van der Waals surface area contributed by atoms with Gasteiger partial charge in [-0.25, -0.2) is 0 Å². The lowest BCUT2D eigenvalue weighted by Crippen LogP contribution is -2.37. The Labute approximate surface area is 322 Å². The minimum absolute atomic E-state index is 0.0929. The molecule has 0 unspecified atom stereocenters. The summed E-state index contributed by atoms with van der Waals surface area (Å²) in [6.45, 7) is 6.79. The van der Waals surface area contributed by atoms with Crippen molar-refractivity contribution >= 4 is 116 Å². The third-order valence-corrected chi connectivity index (χ3v) is 13.1. The topological polar surface area (TPSA) is 30.1 Å². The number of para-hydroxylation sites is 1. The fourth-order valence-corrected chi connectivity index (χ4v) is 10.3. The molecule has 12 rings (SSSR count). The minimum Gasteiger partial charge on any atom is -0.456 e. The van der Waals surface area contributed by atoms with E-state index in [9.17, 15) is 0 Å². The van der Waals surface area contributed by atoms with Crippen LogP contribution in [-0.2, 0) is 5.41 Å². The van der Waals surface area contributed by atoms with Crippen LogP contribution in [0.15, 0.2) is 150 Å². The number of thiophene rings is 1. The van der Waals surface area contributed by atoms with Gasteiger partial charge in [0.25, 0.3) is 0 Å². The van der Waals surface area contributed by atoms with Crippen LogP contribution in [0.1, 0.15) is 26.3 Å². The molecule has 1 N–H and O–H groups in total. The molecule has 8 aromatic carbocycles. The van der Waals surface area contributed by atoms with Crippen LogP contribution in [0, 0.1) is 0 Å². The summed E-state index contributed by atoms with van der Waals surface area (Å²) in [5.41, 5.74) is 14.3. The summed E-state index contributed by atoms with van der Waals surface area (Å²) < 4.78 is 11.7. The molecule has 0 saturated heterocycles. The fraction of sp³-hybridized carbons (Fsp3) is 0.0800. The van der Waals surface area contributed by atoms with Crippen LogP contribution in [0.5, 0.6) is 0 Å². The van der Waals surface area contributed by atoms with E-state index in [1.54, 1.807) is 0 Å². The summed E-state index contributed by atoms with van der Waals surface area (Å²) in [6.07, 6.45) is 0. The van der Waals surface area contributed by atoms with E-state index in [0.717, 1.165) is 40.6 Å². The maximum absolute atomic E-state index is 6.50. The van der Waals surface area contributed by atoms with Crippen molar-refractivity contribution in [3.05, 3.63) is 151 Å². The first-order valence-corrected chi connectivity index (χ1v) is 19.9. The van der Waals surface area contributed by atoms with Gasteiger partial charge in [-0.15, -0.1) is 11.3 Å². The highest BCUT2D eigenvalue weighted by molar-refractivity contribution is 7.25. The Bertz CT molecular complexity index is 3410. The SMILES string of the molecule is CC(C)(C)c1ccc(Nc2cc3ccccc3cc2-c2ccc3c4cc5c(cc4n4c3c2Bc2cc3oc6ccccc6c3cc2-4)sc2ccccc25)cc1. The van der Waals surface area contributed by atoms with Gasteiger partial charge >= 0.3 is 0 Å². The number of aromatic nitrogens is 1. The molecule has 1 aliphatic rings. The van der Waals surface area contributed by atoms with E-state index < -0.39 is 0 Å². The van der Waals surface area contributed by atoms with Gasteiger partial charge in [0.1, 0.15) is 11.2 Å². The molecule has 260 valence electrons. The predicted molar refractivity (Wildman–Crippen MR) is 239 cm³/mol. The van der Waals surface area contributed by atoms with Crippen LogP contribution in [-0.4, -0.2) is 11.8 Å². The number of furan rings is 1. The van der Waals surface area contributed by atoms with Crippen molar-refractivity contribution in [1.82, 2.24) is 4.57 Å². The van der Waals surface area contributed by atoms with E-state index in [1.807, 2.05) is 11.3 Å². The Morgan fingerprint density at radius 3 is 2.18 bits per heavy atom. The molecule has 1 aliphatic heterocycles. The van der Waals surface area contributed by atoms with Gasteiger partial charge in [0.2, 0.25) is 0 Å². The standard InChI is InChI=1S/C50H35BN2OS/c1-50(2,3)30-16-18-31(19-17-30)52-41-23-29-11-5-4-10-28(29)22-36(41)34-20-21-35-37-24-39-33-13-7-9-15-46(33)55-47(39)27-42(37)53-43-25-38-32-12-6-8-14-44(32)54-45(38)26-40(43)51-48(34)49(35)53/h4-27,51-52H,1-3H3. The zero-order chi connectivity index (χ0) is 36.6. The van der Waals surface area contributed by atoms with Gasteiger partial charge < -0.3 is 14.3 Å². The molecular formula is C50H35BN2OS. The Morgan fingerprint density at radius 2 is 1.35 bits per heavy atom. The van der Waals surface area contributed by atoms with E-state index in [-0.39, 0.29) is 5.41 Å². The number of nitrogens with zero attached hydrogens (tertiary/aromatic N) is 1. The maximum Gasteiger partial charge on any atom is 0.198 e. The van der Waals surface area contributed by atoms with Crippen LogP contribution in [0.4, 0.5) is 11.4 Å². The maximum atomic E-state index is 6.50. The normalized spacial score (nSPS) is 12.8. The first-order valence-electron chi connectivity index (χ1n) is 19.1. The number of hydrogen-bond acceptors (Lipinski definition) is 3. The molecule has 0 aliphatic carbocycles. The Morgan fingerprint density at radius 1 is 0.582 bits per heavy atom. The van der Waals surface area contributed by atoms with Crippen LogP contribution in [0.3, 0.4) is 0 Å². The second-order valence-electron chi connectivity index (χ2n) is 16.2. The molecule has 4 heterocycles. The highest BCUT2D eigenvalue weighted by Crippen LogP contribution is 2.43. The van der Waals surface area contributed by atoms with Crippen LogP contribution >= 0.6 is 11.3 Å². The summed E-state index contributed by atoms with van der Waals surface area (Å²) in [5.74, 6) is 0. The molecule has 3 aromatic heterocycles. The zero-order valence-electron chi connectivity index (χ0n) is 30.8. The average molecular weight is 723 g/mol. The van der Waals surface area contributed by atoms with E-state index in [2.05, 4.69) is 176 Å². The van der Waals surface area contributed by atoms with Crippen LogP contribution in [0.25, 0.3) is 91.5 Å². The van der Waals surface area contributed by atoms with E-state index in [0.29, 0.717) is 0 Å². The lowest BCUT2D eigenvalue weighted by atomic mass is 9.59. The molecule has 0 radical (unpaired) electrons. The molecule has 0 bridgehead atoms. The van der Waals surface area contributed by atoms with Gasteiger partial charge in [0.15, 0.2) is 7.28 Å². The van der Waals surface area contributed by atoms with Gasteiger partial charge in [0.05, 0.1) is 5.52 Å². The summed E-state index contributed by atoms with van der Waals surface area (Å²) in [7, 11) is 0.801. The number of rotatable bonds is 3. The van der Waals surface area contributed by atoms with Gasteiger partial charge in [-0.3, -0.25) is 0 Å². The number of benzene rings is 8. The molecule has 0 spiro atoms. The van der Waals surface area contributed by atoms with Crippen LogP contribution in [0.2, 0.25) is 0 Å². The van der Waals surface area contributed by atoms with Crippen molar-refractivity contribution in [2.45, 2.75) is 26.2 Å². The molecule has 55 heavy (non-hydrogen) atoms. The van der Waals surface area contributed by atoms with Crippen LogP contribution < -0.4 is 16.2 Å². The number of nitrogens with one attached hydrogen (secondary N) is 1. The molecule has 3 nitrogen and oxygen atoms in total. The monoisotopic (exact) mass is 722 g/mol. The molecule has 11 aromatic rings. The molecule has 0 saturated carbocycles. The van der Waals surface area contributed by atoms with E-state index >= 15 is 0 Å². The molecular weight excluding hydrogens is 687 g/mol. The van der Waals surface area contributed by atoms with Crippen molar-refractivity contribution in [3.8, 4) is 16.8 Å².